The van der Waals surface area contributed by atoms with Gasteiger partial charge in [0, 0.05) is 25.0 Å². The van der Waals surface area contributed by atoms with E-state index in [4.69, 9.17) is 10.7 Å². The molecule has 114 valence electrons. The fourth-order valence-corrected chi connectivity index (χ4v) is 3.39. The number of hydrogen-bond acceptors (Lipinski definition) is 3. The summed E-state index contributed by atoms with van der Waals surface area (Å²) in [5.41, 5.74) is 10.3. The highest BCUT2D eigenvalue weighted by Gasteiger charge is 2.21. The molecule has 21 heavy (non-hydrogen) atoms. The molecule has 0 spiro atoms. The van der Waals surface area contributed by atoms with Crippen molar-refractivity contribution >= 4 is 11.3 Å². The van der Waals surface area contributed by atoms with Crippen LogP contribution in [-0.4, -0.2) is 27.4 Å². The highest BCUT2D eigenvalue weighted by molar-refractivity contribution is 5.50. The number of piperidine rings is 1. The molecule has 0 amide bonds. The molecular weight excluding hydrogens is 260 g/mol. The Kier molecular flexibility index (Phi) is 3.89. The van der Waals surface area contributed by atoms with Crippen LogP contribution in [0.4, 0.5) is 5.69 Å². The molecule has 2 N–H and O–H groups in total. The van der Waals surface area contributed by atoms with Crippen LogP contribution in [0.2, 0.25) is 0 Å². The van der Waals surface area contributed by atoms with Crippen molar-refractivity contribution in [2.45, 2.75) is 46.1 Å². The molecule has 1 fully saturated rings. The lowest BCUT2D eigenvalue weighted by Gasteiger charge is -2.31. The maximum atomic E-state index is 5.97. The number of fused-ring (bicyclic) bond motifs is 1. The van der Waals surface area contributed by atoms with Crippen molar-refractivity contribution in [2.75, 3.05) is 18.8 Å². The Morgan fingerprint density at radius 2 is 2.19 bits per heavy atom. The molecule has 1 saturated heterocycles. The Morgan fingerprint density at radius 1 is 1.38 bits per heavy atom. The van der Waals surface area contributed by atoms with E-state index in [-0.39, 0.29) is 0 Å². The van der Waals surface area contributed by atoms with Gasteiger partial charge in [-0.05, 0) is 43.4 Å². The first-order valence-corrected chi connectivity index (χ1v) is 8.03. The van der Waals surface area contributed by atoms with Crippen LogP contribution in [0, 0.1) is 5.92 Å². The lowest BCUT2D eigenvalue weighted by molar-refractivity contribution is 0.174. The average molecular weight is 286 g/mol. The monoisotopic (exact) mass is 286 g/mol. The first-order chi connectivity index (χ1) is 10.0. The molecule has 3 heterocycles. The molecule has 4 nitrogen and oxygen atoms in total. The fraction of sp³-hybridized carbons (Fsp3) is 0.588. The van der Waals surface area contributed by atoms with Gasteiger partial charge in [-0.25, -0.2) is 4.98 Å². The van der Waals surface area contributed by atoms with E-state index >= 15 is 0 Å². The van der Waals surface area contributed by atoms with Crippen molar-refractivity contribution in [1.29, 1.82) is 0 Å². The zero-order chi connectivity index (χ0) is 15.0. The predicted octanol–water partition coefficient (Wildman–Crippen LogP) is 3.27. The normalized spacial score (nSPS) is 20.5. The van der Waals surface area contributed by atoms with Crippen LogP contribution in [0.3, 0.4) is 0 Å². The van der Waals surface area contributed by atoms with Crippen molar-refractivity contribution in [2.24, 2.45) is 5.92 Å². The molecule has 4 heteroatoms. The molecule has 3 rings (SSSR count). The van der Waals surface area contributed by atoms with Crippen molar-refractivity contribution in [1.82, 2.24) is 14.3 Å². The molecule has 1 aliphatic rings. The van der Waals surface area contributed by atoms with E-state index in [2.05, 4.69) is 30.1 Å². The topological polar surface area (TPSA) is 46.6 Å². The van der Waals surface area contributed by atoms with Crippen molar-refractivity contribution in [3.63, 3.8) is 0 Å². The Bertz CT molecular complexity index is 629. The van der Waals surface area contributed by atoms with Crippen molar-refractivity contribution in [3.05, 3.63) is 29.7 Å². The van der Waals surface area contributed by atoms with Crippen LogP contribution in [0.25, 0.3) is 5.65 Å². The van der Waals surface area contributed by atoms with Gasteiger partial charge in [0.25, 0.3) is 0 Å². The zero-order valence-electron chi connectivity index (χ0n) is 13.3. The van der Waals surface area contributed by atoms with E-state index in [1.165, 1.54) is 37.3 Å². The number of rotatable bonds is 3. The molecule has 0 saturated carbocycles. The largest absolute Gasteiger partial charge is 0.398 e. The summed E-state index contributed by atoms with van der Waals surface area (Å²) in [7, 11) is 0. The van der Waals surface area contributed by atoms with Crippen LogP contribution in [0.15, 0.2) is 18.3 Å². The molecule has 0 aromatic carbocycles. The van der Waals surface area contributed by atoms with Gasteiger partial charge < -0.3 is 10.1 Å². The van der Waals surface area contributed by atoms with Gasteiger partial charge in [-0.1, -0.05) is 20.8 Å². The fourth-order valence-electron chi connectivity index (χ4n) is 3.39. The first kappa shape index (κ1) is 14.4. The molecule has 2 aromatic heterocycles. The third-order valence-electron chi connectivity index (χ3n) is 4.43. The Balaban J connectivity index is 1.98. The SMILES string of the molecule is CC1CCCN(Cc2c(C(C)C)nc3ccc(N)cn23)C1. The number of imidazole rings is 1. The van der Waals surface area contributed by atoms with E-state index in [0.717, 1.165) is 23.8 Å². The van der Waals surface area contributed by atoms with Crippen LogP contribution < -0.4 is 5.73 Å². The number of anilines is 1. The summed E-state index contributed by atoms with van der Waals surface area (Å²) in [6.07, 6.45) is 4.67. The molecule has 1 aliphatic heterocycles. The number of nitrogens with zero attached hydrogens (tertiary/aromatic N) is 3. The summed E-state index contributed by atoms with van der Waals surface area (Å²) in [5.74, 6) is 1.23. The van der Waals surface area contributed by atoms with E-state index in [9.17, 15) is 0 Å². The second kappa shape index (κ2) is 5.68. The zero-order valence-corrected chi connectivity index (χ0v) is 13.3. The summed E-state index contributed by atoms with van der Waals surface area (Å²) >= 11 is 0. The van der Waals surface area contributed by atoms with Gasteiger partial charge in [0.1, 0.15) is 5.65 Å². The Labute approximate surface area is 127 Å². The average Bonchev–Trinajstić information content (AvgIpc) is 2.77. The van der Waals surface area contributed by atoms with Crippen molar-refractivity contribution in [3.8, 4) is 0 Å². The minimum absolute atomic E-state index is 0.434. The summed E-state index contributed by atoms with van der Waals surface area (Å²) in [6, 6.07) is 3.95. The van der Waals surface area contributed by atoms with E-state index in [0.29, 0.717) is 5.92 Å². The van der Waals surface area contributed by atoms with Crippen molar-refractivity contribution < 1.29 is 0 Å². The van der Waals surface area contributed by atoms with Gasteiger partial charge >= 0.3 is 0 Å². The molecule has 1 atom stereocenters. The Hall–Kier alpha value is -1.55. The number of nitrogens with two attached hydrogens (primary N) is 1. The molecular formula is C17H26N4. The molecule has 0 aliphatic carbocycles. The predicted molar refractivity (Wildman–Crippen MR) is 87.4 cm³/mol. The smallest absolute Gasteiger partial charge is 0.137 e. The van der Waals surface area contributed by atoms with Gasteiger partial charge in [-0.15, -0.1) is 0 Å². The van der Waals surface area contributed by atoms with E-state index in [1.54, 1.807) is 0 Å². The van der Waals surface area contributed by atoms with Crippen LogP contribution in [-0.2, 0) is 6.54 Å². The standard InChI is InChI=1S/C17H26N4/c1-12(2)17-15(11-20-8-4-5-13(3)9-20)21-10-14(18)6-7-16(21)19-17/h6-7,10,12-13H,4-5,8-9,11,18H2,1-3H3. The van der Waals surface area contributed by atoms with E-state index in [1.807, 2.05) is 18.3 Å². The third kappa shape index (κ3) is 2.91. The molecule has 2 aromatic rings. The number of hydrogen-bond donors (Lipinski definition) is 1. The number of pyridine rings is 1. The van der Waals surface area contributed by atoms with Gasteiger partial charge in [0.05, 0.1) is 11.4 Å². The van der Waals surface area contributed by atoms with Crippen LogP contribution in [0.1, 0.15) is 50.9 Å². The second-order valence-corrected chi connectivity index (χ2v) is 6.77. The molecule has 0 radical (unpaired) electrons. The van der Waals surface area contributed by atoms with Crippen LogP contribution >= 0.6 is 0 Å². The number of likely N-dealkylation sites (tertiary alicyclic amines) is 1. The van der Waals surface area contributed by atoms with Gasteiger partial charge in [0.2, 0.25) is 0 Å². The summed E-state index contributed by atoms with van der Waals surface area (Å²) in [6.45, 7) is 10.1. The van der Waals surface area contributed by atoms with Crippen LogP contribution in [0.5, 0.6) is 0 Å². The number of nitrogen functional groups attached to an aromatic ring is 1. The highest BCUT2D eigenvalue weighted by Crippen LogP contribution is 2.25. The van der Waals surface area contributed by atoms with E-state index < -0.39 is 0 Å². The lowest BCUT2D eigenvalue weighted by atomic mass is 9.99. The van der Waals surface area contributed by atoms with Gasteiger partial charge in [0.15, 0.2) is 0 Å². The maximum Gasteiger partial charge on any atom is 0.137 e. The maximum absolute atomic E-state index is 5.97. The summed E-state index contributed by atoms with van der Waals surface area (Å²) in [5, 5.41) is 0. The molecule has 1 unspecified atom stereocenters. The van der Waals surface area contributed by atoms with Gasteiger partial charge in [-0.3, -0.25) is 4.90 Å². The second-order valence-electron chi connectivity index (χ2n) is 6.77. The highest BCUT2D eigenvalue weighted by atomic mass is 15.2. The lowest BCUT2D eigenvalue weighted by Crippen LogP contribution is -2.34. The third-order valence-corrected chi connectivity index (χ3v) is 4.43. The summed E-state index contributed by atoms with van der Waals surface area (Å²) in [4.78, 5) is 7.38. The van der Waals surface area contributed by atoms with Gasteiger partial charge in [-0.2, -0.15) is 0 Å². The minimum atomic E-state index is 0.434. The minimum Gasteiger partial charge on any atom is -0.398 e. The quantitative estimate of drug-likeness (QED) is 0.942. The first-order valence-electron chi connectivity index (χ1n) is 8.03. The number of aromatic nitrogens is 2. The summed E-state index contributed by atoms with van der Waals surface area (Å²) < 4.78 is 2.18. The Morgan fingerprint density at radius 3 is 2.90 bits per heavy atom. The molecule has 0 bridgehead atoms.